The number of hydrogen-bond donors (Lipinski definition) is 2. The predicted molar refractivity (Wildman–Crippen MR) is 94.6 cm³/mol. The van der Waals surface area contributed by atoms with Gasteiger partial charge in [-0.2, -0.15) is 0 Å². The van der Waals surface area contributed by atoms with Crippen molar-refractivity contribution in [2.24, 2.45) is 10.9 Å². The van der Waals surface area contributed by atoms with Crippen molar-refractivity contribution in [3.63, 3.8) is 0 Å². The Kier molecular flexibility index (Phi) is 7.36. The fourth-order valence-corrected chi connectivity index (χ4v) is 3.01. The molecule has 0 spiro atoms. The molecule has 1 heterocycles. The Balaban J connectivity index is 1.81. The highest BCUT2D eigenvalue weighted by atomic mass is 15.3. The molecule has 2 N–H and O–H groups in total. The van der Waals surface area contributed by atoms with Gasteiger partial charge in [-0.05, 0) is 38.0 Å². The van der Waals surface area contributed by atoms with E-state index in [1.54, 1.807) is 6.33 Å². The van der Waals surface area contributed by atoms with Crippen LogP contribution in [0, 0.1) is 5.92 Å². The first-order valence-corrected chi connectivity index (χ1v) is 9.14. The third kappa shape index (κ3) is 5.84. The van der Waals surface area contributed by atoms with Crippen molar-refractivity contribution in [3.8, 4) is 0 Å². The number of aromatic nitrogens is 3. The second kappa shape index (κ2) is 9.53. The maximum Gasteiger partial charge on any atom is 0.191 e. The van der Waals surface area contributed by atoms with Gasteiger partial charge in [-0.25, -0.2) is 0 Å². The number of aryl methyl sites for hydroxylation is 1. The molecule has 23 heavy (non-hydrogen) atoms. The molecule has 1 aliphatic carbocycles. The van der Waals surface area contributed by atoms with E-state index in [0.717, 1.165) is 50.2 Å². The summed E-state index contributed by atoms with van der Waals surface area (Å²) in [5.74, 6) is 2.86. The van der Waals surface area contributed by atoms with E-state index < -0.39 is 0 Å². The molecule has 130 valence electrons. The lowest BCUT2D eigenvalue weighted by molar-refractivity contribution is 0.329. The third-order valence-corrected chi connectivity index (χ3v) is 4.51. The SMILES string of the molecule is CCCN=C(NCCn1cnnc1CC)NC1CCC(C)CC1. The molecule has 0 aromatic carbocycles. The molecule has 1 aliphatic rings. The Morgan fingerprint density at radius 3 is 2.78 bits per heavy atom. The lowest BCUT2D eigenvalue weighted by Gasteiger charge is -2.28. The fourth-order valence-electron chi connectivity index (χ4n) is 3.01. The van der Waals surface area contributed by atoms with Gasteiger partial charge in [0.05, 0.1) is 0 Å². The van der Waals surface area contributed by atoms with Gasteiger partial charge in [-0.1, -0.05) is 20.8 Å². The smallest absolute Gasteiger partial charge is 0.191 e. The first-order valence-electron chi connectivity index (χ1n) is 9.14. The predicted octanol–water partition coefficient (Wildman–Crippen LogP) is 2.36. The zero-order valence-corrected chi connectivity index (χ0v) is 14.9. The van der Waals surface area contributed by atoms with Crippen LogP contribution < -0.4 is 10.6 Å². The quantitative estimate of drug-likeness (QED) is 0.598. The van der Waals surface area contributed by atoms with E-state index in [0.29, 0.717) is 6.04 Å². The van der Waals surface area contributed by atoms with E-state index in [1.165, 1.54) is 25.7 Å². The van der Waals surface area contributed by atoms with E-state index in [1.807, 2.05) is 0 Å². The molecule has 0 amide bonds. The Labute approximate surface area is 140 Å². The van der Waals surface area contributed by atoms with E-state index in [9.17, 15) is 0 Å². The molecule has 0 radical (unpaired) electrons. The third-order valence-electron chi connectivity index (χ3n) is 4.51. The normalized spacial score (nSPS) is 22.1. The van der Waals surface area contributed by atoms with Crippen LogP contribution in [0.4, 0.5) is 0 Å². The maximum absolute atomic E-state index is 4.67. The summed E-state index contributed by atoms with van der Waals surface area (Å²) >= 11 is 0. The van der Waals surface area contributed by atoms with Gasteiger partial charge in [-0.15, -0.1) is 10.2 Å². The summed E-state index contributed by atoms with van der Waals surface area (Å²) in [6.45, 7) is 9.19. The molecule has 1 aromatic rings. The van der Waals surface area contributed by atoms with Crippen LogP contribution in [-0.4, -0.2) is 39.9 Å². The second-order valence-corrected chi connectivity index (χ2v) is 6.55. The van der Waals surface area contributed by atoms with Crippen LogP contribution in [0.2, 0.25) is 0 Å². The summed E-state index contributed by atoms with van der Waals surface area (Å²) in [6, 6.07) is 0.565. The molecular weight excluding hydrogens is 288 g/mol. The van der Waals surface area contributed by atoms with Gasteiger partial charge in [0, 0.05) is 32.1 Å². The van der Waals surface area contributed by atoms with Crippen molar-refractivity contribution in [2.75, 3.05) is 13.1 Å². The summed E-state index contributed by atoms with van der Waals surface area (Å²) in [5, 5.41) is 15.2. The van der Waals surface area contributed by atoms with Gasteiger partial charge in [0.2, 0.25) is 0 Å². The molecule has 6 heteroatoms. The fraction of sp³-hybridized carbons (Fsp3) is 0.824. The number of guanidine groups is 1. The standard InChI is InChI=1S/C17H32N6/c1-4-10-18-17(21-15-8-6-14(3)7-9-15)19-11-12-23-13-20-22-16(23)5-2/h13-15H,4-12H2,1-3H3,(H2,18,19,21). The first-order chi connectivity index (χ1) is 11.2. The molecular formula is C17H32N6. The van der Waals surface area contributed by atoms with E-state index in [-0.39, 0.29) is 0 Å². The van der Waals surface area contributed by atoms with Gasteiger partial charge in [-0.3, -0.25) is 4.99 Å². The van der Waals surface area contributed by atoms with Crippen LogP contribution in [0.5, 0.6) is 0 Å². The van der Waals surface area contributed by atoms with Gasteiger partial charge in [0.25, 0.3) is 0 Å². The summed E-state index contributed by atoms with van der Waals surface area (Å²) in [4.78, 5) is 4.67. The van der Waals surface area contributed by atoms with Crippen LogP contribution in [0.1, 0.15) is 58.7 Å². The van der Waals surface area contributed by atoms with Crippen molar-refractivity contribution < 1.29 is 0 Å². The average molecular weight is 320 g/mol. The zero-order valence-electron chi connectivity index (χ0n) is 14.9. The number of hydrogen-bond acceptors (Lipinski definition) is 3. The summed E-state index contributed by atoms with van der Waals surface area (Å²) in [6.07, 6.45) is 8.92. The largest absolute Gasteiger partial charge is 0.355 e. The Hall–Kier alpha value is -1.59. The summed E-state index contributed by atoms with van der Waals surface area (Å²) in [5.41, 5.74) is 0. The highest BCUT2D eigenvalue weighted by Gasteiger charge is 2.18. The lowest BCUT2D eigenvalue weighted by Crippen LogP contribution is -2.45. The van der Waals surface area contributed by atoms with Crippen LogP contribution in [0.25, 0.3) is 0 Å². The van der Waals surface area contributed by atoms with Gasteiger partial charge >= 0.3 is 0 Å². The topological polar surface area (TPSA) is 67.1 Å². The van der Waals surface area contributed by atoms with E-state index in [2.05, 4.69) is 51.2 Å². The molecule has 0 unspecified atom stereocenters. The van der Waals surface area contributed by atoms with Crippen LogP contribution in [-0.2, 0) is 13.0 Å². The lowest BCUT2D eigenvalue weighted by atomic mass is 9.87. The molecule has 0 atom stereocenters. The molecule has 0 aliphatic heterocycles. The molecule has 1 fully saturated rings. The minimum Gasteiger partial charge on any atom is -0.355 e. The first kappa shape index (κ1) is 17.8. The van der Waals surface area contributed by atoms with Crippen LogP contribution in [0.15, 0.2) is 11.3 Å². The Morgan fingerprint density at radius 1 is 1.30 bits per heavy atom. The second-order valence-electron chi connectivity index (χ2n) is 6.55. The Morgan fingerprint density at radius 2 is 2.09 bits per heavy atom. The van der Waals surface area contributed by atoms with Crippen molar-refractivity contribution in [2.45, 2.75) is 71.9 Å². The number of nitrogens with zero attached hydrogens (tertiary/aromatic N) is 4. The van der Waals surface area contributed by atoms with Gasteiger partial charge < -0.3 is 15.2 Å². The van der Waals surface area contributed by atoms with Gasteiger partial charge in [0.1, 0.15) is 12.2 Å². The van der Waals surface area contributed by atoms with Crippen molar-refractivity contribution in [1.29, 1.82) is 0 Å². The zero-order chi connectivity index (χ0) is 16.5. The molecule has 0 bridgehead atoms. The van der Waals surface area contributed by atoms with Crippen molar-refractivity contribution in [1.82, 2.24) is 25.4 Å². The minimum atomic E-state index is 0.565. The van der Waals surface area contributed by atoms with Crippen LogP contribution >= 0.6 is 0 Å². The van der Waals surface area contributed by atoms with Crippen molar-refractivity contribution in [3.05, 3.63) is 12.2 Å². The maximum atomic E-state index is 4.67. The monoisotopic (exact) mass is 320 g/mol. The molecule has 0 saturated heterocycles. The molecule has 1 aromatic heterocycles. The van der Waals surface area contributed by atoms with E-state index in [4.69, 9.17) is 0 Å². The highest BCUT2D eigenvalue weighted by Crippen LogP contribution is 2.23. The number of rotatable bonds is 7. The Bertz CT molecular complexity index is 473. The summed E-state index contributed by atoms with van der Waals surface area (Å²) in [7, 11) is 0. The average Bonchev–Trinajstić information content (AvgIpc) is 3.02. The van der Waals surface area contributed by atoms with Crippen LogP contribution in [0.3, 0.4) is 0 Å². The number of nitrogens with one attached hydrogen (secondary N) is 2. The van der Waals surface area contributed by atoms with Gasteiger partial charge in [0.15, 0.2) is 5.96 Å². The molecule has 6 nitrogen and oxygen atoms in total. The highest BCUT2D eigenvalue weighted by molar-refractivity contribution is 5.80. The van der Waals surface area contributed by atoms with Crippen molar-refractivity contribution >= 4 is 5.96 Å². The van der Waals surface area contributed by atoms with E-state index >= 15 is 0 Å². The molecule has 1 saturated carbocycles. The minimum absolute atomic E-state index is 0.565. The summed E-state index contributed by atoms with van der Waals surface area (Å²) < 4.78 is 2.10. The number of aliphatic imine (C=N–C) groups is 1. The molecule has 2 rings (SSSR count).